The molecule has 0 heterocycles. The number of hydrogen-bond donors (Lipinski definition) is 0. The highest BCUT2D eigenvalue weighted by Crippen LogP contribution is 2.41. The summed E-state index contributed by atoms with van der Waals surface area (Å²) in [4.78, 5) is -3.82. The lowest BCUT2D eigenvalue weighted by molar-refractivity contribution is -0.145. The van der Waals surface area contributed by atoms with E-state index in [-0.39, 0.29) is 24.3 Å². The summed E-state index contributed by atoms with van der Waals surface area (Å²) in [5.41, 5.74) is -8.74. The van der Waals surface area contributed by atoms with E-state index in [9.17, 15) is 69.5 Å². The van der Waals surface area contributed by atoms with Crippen molar-refractivity contribution in [3.05, 3.63) is 58.7 Å². The van der Waals surface area contributed by atoms with E-state index in [2.05, 4.69) is 0 Å². The van der Waals surface area contributed by atoms with Gasteiger partial charge in [-0.3, -0.25) is 0 Å². The fourth-order valence-electron chi connectivity index (χ4n) is 2.45. The van der Waals surface area contributed by atoms with Crippen molar-refractivity contribution in [1.29, 1.82) is 0 Å². The van der Waals surface area contributed by atoms with Gasteiger partial charge >= 0.3 is 24.7 Å². The number of sulfonamides is 2. The molecule has 2 rings (SSSR count). The van der Waals surface area contributed by atoms with E-state index < -0.39 is 90.9 Å². The molecule has 0 N–H and O–H groups in total. The summed E-state index contributed by atoms with van der Waals surface area (Å²) in [5, 5.41) is 0. The van der Waals surface area contributed by atoms with Gasteiger partial charge in [0, 0.05) is 0 Å². The normalized spacial score (nSPS) is 14.4. The van der Waals surface area contributed by atoms with Crippen LogP contribution >= 0.6 is 22.9 Å². The van der Waals surface area contributed by atoms with Crippen LogP contribution in [0.5, 0.6) is 0 Å². The van der Waals surface area contributed by atoms with Crippen LogP contribution in [-0.2, 0) is 44.8 Å². The first kappa shape index (κ1) is 30.4. The maximum Gasteiger partial charge on any atom is 0.416 e. The van der Waals surface area contributed by atoms with Gasteiger partial charge in [-0.1, -0.05) is 0 Å². The first-order chi connectivity index (χ1) is 15.8. The summed E-state index contributed by atoms with van der Waals surface area (Å²) < 4.78 is 206. The Morgan fingerprint density at radius 3 is 0.833 bits per heavy atom. The van der Waals surface area contributed by atoms with Crippen LogP contribution in [0.15, 0.2) is 46.2 Å². The number of nitrogens with zero attached hydrogens (tertiary/aromatic N) is 1. The molecule has 0 aliphatic carbocycles. The Morgan fingerprint density at radius 2 is 0.667 bits per heavy atom. The van der Waals surface area contributed by atoms with Crippen LogP contribution in [0.3, 0.4) is 0 Å². The maximum atomic E-state index is 13.0. The molecule has 0 saturated carbocycles. The van der Waals surface area contributed by atoms with Gasteiger partial charge in [0.25, 0.3) is 20.0 Å². The van der Waals surface area contributed by atoms with Crippen LogP contribution in [0.4, 0.5) is 52.7 Å². The minimum Gasteiger partial charge on any atom is -0.205 e. The Hall–Kier alpha value is -1.81. The summed E-state index contributed by atoms with van der Waals surface area (Å²) in [7, 11) is -11.9. The molecule has 36 heavy (non-hydrogen) atoms. The highest BCUT2D eigenvalue weighted by Gasteiger charge is 2.43. The monoisotopic (exact) mass is 695 g/mol. The van der Waals surface area contributed by atoms with Crippen LogP contribution < -0.4 is 0 Å². The molecular formula is C16H6F12INO4S2. The Balaban J connectivity index is 2.79. The van der Waals surface area contributed by atoms with Gasteiger partial charge in [0.2, 0.25) is 0 Å². The molecule has 0 atom stereocenters. The third-order valence-electron chi connectivity index (χ3n) is 4.10. The summed E-state index contributed by atoms with van der Waals surface area (Å²) in [5.74, 6) is 0. The van der Waals surface area contributed by atoms with Gasteiger partial charge < -0.3 is 0 Å². The summed E-state index contributed by atoms with van der Waals surface area (Å²) >= 11 is 0.297. The molecule has 0 aliphatic heterocycles. The second-order valence-corrected chi connectivity index (χ2v) is 12.7. The van der Waals surface area contributed by atoms with Crippen molar-refractivity contribution in [3.63, 3.8) is 0 Å². The molecule has 0 aliphatic rings. The molecule has 2 aromatic rings. The topological polar surface area (TPSA) is 71.5 Å². The Bertz CT molecular complexity index is 1210. The molecule has 0 radical (unpaired) electrons. The van der Waals surface area contributed by atoms with Crippen molar-refractivity contribution >= 4 is 42.9 Å². The minimum absolute atomic E-state index is 0.297. The molecule has 0 unspecified atom stereocenters. The molecule has 5 nitrogen and oxygen atoms in total. The molecule has 0 aromatic heterocycles. The summed E-state index contributed by atoms with van der Waals surface area (Å²) in [6, 6.07) is -2.54. The second kappa shape index (κ2) is 9.19. The van der Waals surface area contributed by atoms with Crippen molar-refractivity contribution < 1.29 is 69.5 Å². The number of benzene rings is 2. The molecule has 0 spiro atoms. The Morgan fingerprint density at radius 1 is 0.472 bits per heavy atom. The molecular weight excluding hydrogens is 689 g/mol. The molecule has 0 bridgehead atoms. The van der Waals surface area contributed by atoms with E-state index in [1.54, 1.807) is 0 Å². The number of hydrogen-bond acceptors (Lipinski definition) is 4. The van der Waals surface area contributed by atoms with E-state index in [1.807, 2.05) is 0 Å². The van der Waals surface area contributed by atoms with Gasteiger partial charge in [-0.25, -0.2) is 16.8 Å². The van der Waals surface area contributed by atoms with Gasteiger partial charge in [-0.2, -0.15) is 52.7 Å². The number of rotatable bonds is 4. The van der Waals surface area contributed by atoms with Crippen LogP contribution in [0, 0.1) is 0 Å². The maximum absolute atomic E-state index is 13.0. The Kier molecular flexibility index (Phi) is 7.76. The van der Waals surface area contributed by atoms with Crippen LogP contribution in [0.25, 0.3) is 0 Å². The molecule has 202 valence electrons. The first-order valence-electron chi connectivity index (χ1n) is 8.34. The third-order valence-corrected chi connectivity index (χ3v) is 10.8. The smallest absolute Gasteiger partial charge is 0.205 e. The third kappa shape index (κ3) is 6.36. The van der Waals surface area contributed by atoms with Crippen LogP contribution in [0.1, 0.15) is 22.3 Å². The zero-order valence-electron chi connectivity index (χ0n) is 16.3. The predicted molar refractivity (Wildman–Crippen MR) is 103 cm³/mol. The van der Waals surface area contributed by atoms with Gasteiger partial charge in [0.05, 0.1) is 54.9 Å². The predicted octanol–water partition coefficient (Wildman–Crippen LogP) is 6.49. The largest absolute Gasteiger partial charge is 0.416 e. The minimum atomic E-state index is -5.94. The van der Waals surface area contributed by atoms with Crippen molar-refractivity contribution in [2.45, 2.75) is 34.5 Å². The Labute approximate surface area is 207 Å². The zero-order chi connectivity index (χ0) is 28.3. The molecule has 0 amide bonds. The van der Waals surface area contributed by atoms with Gasteiger partial charge in [0.1, 0.15) is 0 Å². The van der Waals surface area contributed by atoms with Gasteiger partial charge in [0.15, 0.2) is 0 Å². The second-order valence-electron chi connectivity index (χ2n) is 6.65. The molecule has 20 heteroatoms. The lowest BCUT2D eigenvalue weighted by atomic mass is 10.1. The summed E-state index contributed by atoms with van der Waals surface area (Å²) in [6.45, 7) is 0. The standard InChI is InChI=1S/C16H6F12INO4S2/c17-13(18,19)7-1-8(14(20,21)22)4-11(3-7)35(31,32)30(29)36(33,34)12-5-9(15(23,24)25)2-10(6-12)16(26,27)28/h1-6H. The van der Waals surface area contributed by atoms with E-state index in [4.69, 9.17) is 0 Å². The van der Waals surface area contributed by atoms with Crippen molar-refractivity contribution in [2.75, 3.05) is 0 Å². The fourth-order valence-corrected chi connectivity index (χ4v) is 6.80. The summed E-state index contributed by atoms with van der Waals surface area (Å²) in [6.07, 6.45) is -22.3. The highest BCUT2D eigenvalue weighted by atomic mass is 127. The zero-order valence-corrected chi connectivity index (χ0v) is 20.1. The number of halogens is 13. The SMILES string of the molecule is O=S(=O)(c1cc(C(F)(F)F)cc(C(F)(F)F)c1)N(I)S(=O)(=O)c1cc(C(F)(F)F)cc(C(F)(F)F)c1. The van der Waals surface area contributed by atoms with Crippen molar-refractivity contribution in [1.82, 2.24) is 1.92 Å². The van der Waals surface area contributed by atoms with E-state index in [0.717, 1.165) is 0 Å². The lowest BCUT2D eigenvalue weighted by Gasteiger charge is -2.20. The molecule has 0 saturated heterocycles. The average molecular weight is 695 g/mol. The lowest BCUT2D eigenvalue weighted by Crippen LogP contribution is -2.29. The number of alkyl halides is 12. The van der Waals surface area contributed by atoms with Crippen molar-refractivity contribution in [2.24, 2.45) is 0 Å². The van der Waals surface area contributed by atoms with E-state index in [1.165, 1.54) is 0 Å². The van der Waals surface area contributed by atoms with Crippen LogP contribution in [-0.4, -0.2) is 18.8 Å². The quantitative estimate of drug-likeness (QED) is 0.209. The first-order valence-corrected chi connectivity index (χ1v) is 12.2. The molecule has 0 fully saturated rings. The fraction of sp³-hybridized carbons (Fsp3) is 0.250. The van der Waals surface area contributed by atoms with Crippen molar-refractivity contribution in [3.8, 4) is 0 Å². The van der Waals surface area contributed by atoms with E-state index >= 15 is 0 Å². The average Bonchev–Trinajstić information content (AvgIpc) is 2.69. The highest BCUT2D eigenvalue weighted by molar-refractivity contribution is 14.1. The van der Waals surface area contributed by atoms with Gasteiger partial charge in [-0.15, -0.1) is 0 Å². The van der Waals surface area contributed by atoms with Crippen LogP contribution in [0.2, 0.25) is 0 Å². The van der Waals surface area contributed by atoms with Gasteiger partial charge in [-0.05, 0) is 38.3 Å². The molecule has 2 aromatic carbocycles. The van der Waals surface area contributed by atoms with E-state index in [0.29, 0.717) is 22.9 Å².